The molecule has 0 fully saturated rings. The number of carbonyl (C=O) groups excluding carboxylic acids is 2. The van der Waals surface area contributed by atoms with Gasteiger partial charge in [-0.15, -0.1) is 0 Å². The van der Waals surface area contributed by atoms with Gasteiger partial charge >= 0.3 is 0 Å². The Morgan fingerprint density at radius 3 is 2.04 bits per heavy atom. The summed E-state index contributed by atoms with van der Waals surface area (Å²) in [6, 6.07) is 26.2. The molecular weight excluding hydrogens is 310 g/mol. The van der Waals surface area contributed by atoms with E-state index in [0.717, 1.165) is 22.8 Å². The van der Waals surface area contributed by atoms with Crippen LogP contribution < -0.4 is 0 Å². The summed E-state index contributed by atoms with van der Waals surface area (Å²) in [4.78, 5) is 25.1. The van der Waals surface area contributed by atoms with Crippen molar-refractivity contribution in [2.75, 3.05) is 0 Å². The van der Waals surface area contributed by atoms with Crippen LogP contribution >= 0.6 is 0 Å². The monoisotopic (exact) mass is 325 g/mol. The van der Waals surface area contributed by atoms with Gasteiger partial charge in [0.25, 0.3) is 5.91 Å². The van der Waals surface area contributed by atoms with Crippen LogP contribution in [0, 0.1) is 0 Å². The molecule has 0 spiro atoms. The van der Waals surface area contributed by atoms with Gasteiger partial charge in [0, 0.05) is 16.5 Å². The molecule has 4 rings (SSSR count). The van der Waals surface area contributed by atoms with Crippen molar-refractivity contribution >= 4 is 23.1 Å². The summed E-state index contributed by atoms with van der Waals surface area (Å²) in [5.41, 5.74) is 3.32. The molecule has 120 valence electrons. The minimum Gasteiger partial charge on any atom is -0.298 e. The van der Waals surface area contributed by atoms with Gasteiger partial charge in [-0.25, -0.2) is 0 Å². The molecule has 0 amide bonds. The van der Waals surface area contributed by atoms with E-state index in [1.807, 2.05) is 72.8 Å². The van der Waals surface area contributed by atoms with Crippen LogP contribution in [0.15, 0.2) is 84.9 Å². The highest BCUT2D eigenvalue weighted by Gasteiger charge is 2.22. The van der Waals surface area contributed by atoms with Crippen molar-refractivity contribution in [3.8, 4) is 11.3 Å². The molecule has 0 unspecified atom stereocenters. The number of rotatable bonds is 3. The lowest BCUT2D eigenvalue weighted by atomic mass is 10.1. The predicted octanol–water partition coefficient (Wildman–Crippen LogP) is 4.81. The minimum atomic E-state index is -0.149. The zero-order chi connectivity index (χ0) is 17.2. The molecule has 0 aliphatic rings. The van der Waals surface area contributed by atoms with E-state index >= 15 is 0 Å². The highest BCUT2D eigenvalue weighted by molar-refractivity contribution is 6.12. The van der Waals surface area contributed by atoms with E-state index < -0.39 is 0 Å². The number of hydrogen-bond donors (Lipinski definition) is 0. The quantitative estimate of drug-likeness (QED) is 0.507. The standard InChI is InChI=1S/C22H15NO2/c24-15-19-18-13-7-8-14-20(18)23(21(19)16-9-3-1-4-10-16)22(25)17-11-5-2-6-12-17/h1-15H. The molecule has 0 aliphatic heterocycles. The van der Waals surface area contributed by atoms with Gasteiger partial charge in [0.15, 0.2) is 6.29 Å². The van der Waals surface area contributed by atoms with Crippen molar-refractivity contribution in [2.24, 2.45) is 0 Å². The van der Waals surface area contributed by atoms with E-state index in [1.54, 1.807) is 16.7 Å². The third kappa shape index (κ3) is 2.46. The molecule has 0 aliphatic carbocycles. The van der Waals surface area contributed by atoms with Crippen molar-refractivity contribution in [3.63, 3.8) is 0 Å². The Labute approximate surface area is 145 Å². The second kappa shape index (κ2) is 6.21. The van der Waals surface area contributed by atoms with Crippen LogP contribution in [0.25, 0.3) is 22.2 Å². The van der Waals surface area contributed by atoms with Crippen LogP contribution in [0.4, 0.5) is 0 Å². The summed E-state index contributed by atoms with van der Waals surface area (Å²) in [5.74, 6) is -0.149. The van der Waals surface area contributed by atoms with Gasteiger partial charge in [0.05, 0.1) is 11.2 Å². The van der Waals surface area contributed by atoms with E-state index in [-0.39, 0.29) is 5.91 Å². The maximum atomic E-state index is 13.2. The molecule has 0 saturated carbocycles. The maximum absolute atomic E-state index is 13.2. The molecule has 3 nitrogen and oxygen atoms in total. The molecule has 3 aromatic carbocycles. The van der Waals surface area contributed by atoms with E-state index in [9.17, 15) is 9.59 Å². The van der Waals surface area contributed by atoms with Crippen LogP contribution in [0.3, 0.4) is 0 Å². The summed E-state index contributed by atoms with van der Waals surface area (Å²) in [5, 5.41) is 0.778. The summed E-state index contributed by atoms with van der Waals surface area (Å²) in [6.07, 6.45) is 0.833. The Kier molecular flexibility index (Phi) is 3.75. The van der Waals surface area contributed by atoms with Gasteiger partial charge in [-0.05, 0) is 23.8 Å². The van der Waals surface area contributed by atoms with Crippen LogP contribution in [-0.4, -0.2) is 16.8 Å². The van der Waals surface area contributed by atoms with Gasteiger partial charge in [0.2, 0.25) is 0 Å². The number of carbonyl (C=O) groups is 2. The molecule has 3 heteroatoms. The smallest absolute Gasteiger partial charge is 0.262 e. The summed E-state index contributed by atoms with van der Waals surface area (Å²) in [6.45, 7) is 0. The van der Waals surface area contributed by atoms with Crippen molar-refractivity contribution in [3.05, 3.63) is 96.1 Å². The predicted molar refractivity (Wildman–Crippen MR) is 98.9 cm³/mol. The molecule has 0 radical (unpaired) electrons. The Hall–Kier alpha value is -3.46. The van der Waals surface area contributed by atoms with E-state index in [4.69, 9.17) is 0 Å². The fraction of sp³-hybridized carbons (Fsp3) is 0. The summed E-state index contributed by atoms with van der Waals surface area (Å²) >= 11 is 0. The van der Waals surface area contributed by atoms with Crippen molar-refractivity contribution < 1.29 is 9.59 Å². The van der Waals surface area contributed by atoms with Gasteiger partial charge in [-0.1, -0.05) is 66.7 Å². The van der Waals surface area contributed by atoms with Crippen LogP contribution in [0.5, 0.6) is 0 Å². The van der Waals surface area contributed by atoms with Gasteiger partial charge in [-0.2, -0.15) is 0 Å². The number of hydrogen-bond acceptors (Lipinski definition) is 2. The SMILES string of the molecule is O=Cc1c(-c2ccccc2)n(C(=O)c2ccccc2)c2ccccc12. The van der Waals surface area contributed by atoms with Crippen molar-refractivity contribution in [1.29, 1.82) is 0 Å². The molecule has 4 aromatic rings. The first-order valence-electron chi connectivity index (χ1n) is 8.05. The fourth-order valence-corrected chi connectivity index (χ4v) is 3.19. The number of aromatic nitrogens is 1. The third-order valence-electron chi connectivity index (χ3n) is 4.30. The summed E-state index contributed by atoms with van der Waals surface area (Å²) in [7, 11) is 0. The topological polar surface area (TPSA) is 39.1 Å². The van der Waals surface area contributed by atoms with Crippen molar-refractivity contribution in [1.82, 2.24) is 4.57 Å². The van der Waals surface area contributed by atoms with Crippen LogP contribution in [0.1, 0.15) is 20.7 Å². The number of aldehydes is 1. The number of fused-ring (bicyclic) bond motifs is 1. The van der Waals surface area contributed by atoms with Gasteiger partial charge in [-0.3, -0.25) is 14.2 Å². The lowest BCUT2D eigenvalue weighted by Gasteiger charge is -2.10. The number of para-hydroxylation sites is 1. The van der Waals surface area contributed by atoms with Gasteiger partial charge in [0.1, 0.15) is 0 Å². The second-order valence-corrected chi connectivity index (χ2v) is 5.77. The van der Waals surface area contributed by atoms with E-state index in [1.165, 1.54) is 0 Å². The fourth-order valence-electron chi connectivity index (χ4n) is 3.19. The van der Waals surface area contributed by atoms with Gasteiger partial charge < -0.3 is 0 Å². The Morgan fingerprint density at radius 2 is 1.36 bits per heavy atom. The first kappa shape index (κ1) is 15.1. The zero-order valence-corrected chi connectivity index (χ0v) is 13.4. The maximum Gasteiger partial charge on any atom is 0.262 e. The largest absolute Gasteiger partial charge is 0.298 e. The highest BCUT2D eigenvalue weighted by atomic mass is 16.2. The molecule has 0 atom stereocenters. The lowest BCUT2D eigenvalue weighted by molar-refractivity contribution is 0.0966. The first-order valence-corrected chi connectivity index (χ1v) is 8.05. The van der Waals surface area contributed by atoms with E-state index in [2.05, 4.69) is 0 Å². The molecule has 0 bridgehead atoms. The first-order chi connectivity index (χ1) is 12.3. The Morgan fingerprint density at radius 1 is 0.760 bits per heavy atom. The lowest BCUT2D eigenvalue weighted by Crippen LogP contribution is -2.13. The van der Waals surface area contributed by atoms with E-state index in [0.29, 0.717) is 16.8 Å². The number of nitrogens with zero attached hydrogens (tertiary/aromatic N) is 1. The second-order valence-electron chi connectivity index (χ2n) is 5.77. The molecular formula is C22H15NO2. The molecule has 0 saturated heterocycles. The number of benzene rings is 3. The average molecular weight is 325 g/mol. The average Bonchev–Trinajstić information content (AvgIpc) is 3.03. The normalized spacial score (nSPS) is 10.7. The Balaban J connectivity index is 2.09. The molecule has 25 heavy (non-hydrogen) atoms. The summed E-state index contributed by atoms with van der Waals surface area (Å²) < 4.78 is 1.64. The Bertz CT molecular complexity index is 1060. The molecule has 1 aromatic heterocycles. The van der Waals surface area contributed by atoms with Crippen molar-refractivity contribution in [2.45, 2.75) is 0 Å². The van der Waals surface area contributed by atoms with Crippen LogP contribution in [-0.2, 0) is 0 Å². The molecule has 1 heterocycles. The third-order valence-corrected chi connectivity index (χ3v) is 4.30. The zero-order valence-electron chi connectivity index (χ0n) is 13.4. The highest BCUT2D eigenvalue weighted by Crippen LogP contribution is 2.33. The minimum absolute atomic E-state index is 0.149. The molecule has 0 N–H and O–H groups in total. The van der Waals surface area contributed by atoms with Crippen LogP contribution in [0.2, 0.25) is 0 Å².